The minimum absolute atomic E-state index is 0.154. The second kappa shape index (κ2) is 7.80. The zero-order valence-corrected chi connectivity index (χ0v) is 12.6. The Morgan fingerprint density at radius 2 is 2.19 bits per heavy atom. The number of amides is 1. The van der Waals surface area contributed by atoms with Crippen LogP contribution in [0.2, 0.25) is 0 Å². The maximum Gasteiger partial charge on any atom is 0.252 e. The van der Waals surface area contributed by atoms with Gasteiger partial charge in [0.05, 0.1) is 6.07 Å². The first-order valence-electron chi connectivity index (χ1n) is 7.74. The summed E-state index contributed by atoms with van der Waals surface area (Å²) in [4.78, 5) is 14.6. The first-order chi connectivity index (χ1) is 10.2. The number of carbonyl (C=O) groups excluding carboxylic acids is 1. The van der Waals surface area contributed by atoms with Gasteiger partial charge >= 0.3 is 0 Å². The molecule has 0 saturated carbocycles. The van der Waals surface area contributed by atoms with Gasteiger partial charge in [0.2, 0.25) is 0 Å². The van der Waals surface area contributed by atoms with Crippen LogP contribution in [0.3, 0.4) is 0 Å². The molecule has 1 heterocycles. The molecule has 1 N–H and O–H groups in total. The Labute approximate surface area is 126 Å². The van der Waals surface area contributed by atoms with Gasteiger partial charge in [-0.05, 0) is 50.0 Å². The van der Waals surface area contributed by atoms with E-state index in [0.717, 1.165) is 31.6 Å². The molecular weight excluding hydrogens is 262 g/mol. The molecule has 0 spiro atoms. The van der Waals surface area contributed by atoms with Crippen LogP contribution in [-0.2, 0) is 6.54 Å². The Kier molecular flexibility index (Phi) is 5.77. The fourth-order valence-electron chi connectivity index (χ4n) is 2.71. The van der Waals surface area contributed by atoms with Crippen LogP contribution < -0.4 is 5.32 Å². The van der Waals surface area contributed by atoms with E-state index >= 15 is 0 Å². The summed E-state index contributed by atoms with van der Waals surface area (Å²) in [5, 5.41) is 11.8. The van der Waals surface area contributed by atoms with Gasteiger partial charge in [0.1, 0.15) is 6.04 Å². The predicted molar refractivity (Wildman–Crippen MR) is 82.7 cm³/mol. The molecule has 1 saturated heterocycles. The summed E-state index contributed by atoms with van der Waals surface area (Å²) in [6.07, 6.45) is 4.10. The van der Waals surface area contributed by atoms with Crippen LogP contribution >= 0.6 is 0 Å². The first kappa shape index (κ1) is 15.5. The van der Waals surface area contributed by atoms with Gasteiger partial charge in [0, 0.05) is 12.1 Å². The third kappa shape index (κ3) is 4.57. The molecule has 0 radical (unpaired) electrons. The lowest BCUT2D eigenvalue weighted by Gasteiger charge is -2.15. The Morgan fingerprint density at radius 3 is 2.86 bits per heavy atom. The topological polar surface area (TPSA) is 56.1 Å². The molecule has 1 aromatic rings. The van der Waals surface area contributed by atoms with E-state index in [1.807, 2.05) is 25.1 Å². The molecule has 112 valence electrons. The van der Waals surface area contributed by atoms with Crippen LogP contribution in [0.1, 0.15) is 48.5 Å². The zero-order valence-electron chi connectivity index (χ0n) is 12.6. The highest BCUT2D eigenvalue weighted by Gasteiger charge is 2.15. The molecule has 1 amide bonds. The van der Waals surface area contributed by atoms with Gasteiger partial charge in [0.15, 0.2) is 0 Å². The lowest BCUT2D eigenvalue weighted by atomic mass is 10.1. The monoisotopic (exact) mass is 285 g/mol. The van der Waals surface area contributed by atoms with Crippen LogP contribution in [0, 0.1) is 11.3 Å². The average Bonchev–Trinajstić information content (AvgIpc) is 3.00. The third-order valence-electron chi connectivity index (χ3n) is 3.83. The normalized spacial score (nSPS) is 16.4. The summed E-state index contributed by atoms with van der Waals surface area (Å²) in [6.45, 7) is 5.19. The van der Waals surface area contributed by atoms with Gasteiger partial charge in [0.25, 0.3) is 5.91 Å². The molecule has 1 aromatic carbocycles. The SMILES string of the molecule is CCC[C@@H](C#N)NC(=O)c1cccc(CN2CCCC2)c1. The molecule has 21 heavy (non-hydrogen) atoms. The van der Waals surface area contributed by atoms with Gasteiger partial charge in [-0.3, -0.25) is 9.69 Å². The molecule has 4 nitrogen and oxygen atoms in total. The van der Waals surface area contributed by atoms with E-state index < -0.39 is 6.04 Å². The van der Waals surface area contributed by atoms with E-state index in [1.54, 1.807) is 0 Å². The van der Waals surface area contributed by atoms with Crippen LogP contribution in [0.15, 0.2) is 24.3 Å². The summed E-state index contributed by atoms with van der Waals surface area (Å²) in [5.41, 5.74) is 1.80. The van der Waals surface area contributed by atoms with Crippen molar-refractivity contribution in [2.24, 2.45) is 0 Å². The molecule has 1 aliphatic heterocycles. The van der Waals surface area contributed by atoms with Crippen molar-refractivity contribution in [1.82, 2.24) is 10.2 Å². The maximum atomic E-state index is 12.2. The Hall–Kier alpha value is -1.86. The Balaban J connectivity index is 1.99. The smallest absolute Gasteiger partial charge is 0.252 e. The highest BCUT2D eigenvalue weighted by molar-refractivity contribution is 5.94. The van der Waals surface area contributed by atoms with E-state index in [0.29, 0.717) is 12.0 Å². The van der Waals surface area contributed by atoms with Crippen LogP contribution in [0.5, 0.6) is 0 Å². The van der Waals surface area contributed by atoms with Gasteiger partial charge in [-0.15, -0.1) is 0 Å². The third-order valence-corrected chi connectivity index (χ3v) is 3.83. The number of nitrogens with one attached hydrogen (secondary N) is 1. The standard InChI is InChI=1S/C17H23N3O/c1-2-6-16(12-18)19-17(21)15-8-5-7-14(11-15)13-20-9-3-4-10-20/h5,7-8,11,16H,2-4,6,9-10,13H2,1H3,(H,19,21)/t16-/m0/s1. The van der Waals surface area contributed by atoms with Crippen molar-refractivity contribution in [3.63, 3.8) is 0 Å². The molecule has 1 atom stereocenters. The molecule has 0 aliphatic carbocycles. The molecule has 0 unspecified atom stereocenters. The minimum atomic E-state index is -0.398. The van der Waals surface area contributed by atoms with Crippen molar-refractivity contribution in [3.05, 3.63) is 35.4 Å². The maximum absolute atomic E-state index is 12.2. The fraction of sp³-hybridized carbons (Fsp3) is 0.529. The number of hydrogen-bond acceptors (Lipinski definition) is 3. The second-order valence-electron chi connectivity index (χ2n) is 5.63. The lowest BCUT2D eigenvalue weighted by Crippen LogP contribution is -2.33. The predicted octanol–water partition coefficient (Wildman–Crippen LogP) is 2.70. The van der Waals surface area contributed by atoms with Crippen LogP contribution in [0.4, 0.5) is 0 Å². The number of nitriles is 1. The van der Waals surface area contributed by atoms with E-state index in [-0.39, 0.29) is 5.91 Å². The molecule has 0 aromatic heterocycles. The lowest BCUT2D eigenvalue weighted by molar-refractivity contribution is 0.0943. The summed E-state index contributed by atoms with van der Waals surface area (Å²) in [7, 11) is 0. The summed E-state index contributed by atoms with van der Waals surface area (Å²) >= 11 is 0. The van der Waals surface area contributed by atoms with Gasteiger partial charge in [-0.1, -0.05) is 25.5 Å². The van der Waals surface area contributed by atoms with Crippen molar-refractivity contribution >= 4 is 5.91 Å². The number of benzene rings is 1. The largest absolute Gasteiger partial charge is 0.336 e. The number of nitrogens with zero attached hydrogens (tertiary/aromatic N) is 2. The van der Waals surface area contributed by atoms with Gasteiger partial charge in [-0.25, -0.2) is 0 Å². The number of likely N-dealkylation sites (tertiary alicyclic amines) is 1. The molecule has 2 rings (SSSR count). The van der Waals surface area contributed by atoms with Gasteiger partial charge < -0.3 is 5.32 Å². The number of rotatable bonds is 6. The molecule has 1 fully saturated rings. The Morgan fingerprint density at radius 1 is 1.43 bits per heavy atom. The van der Waals surface area contributed by atoms with Gasteiger partial charge in [-0.2, -0.15) is 5.26 Å². The second-order valence-corrected chi connectivity index (χ2v) is 5.63. The molecule has 0 bridgehead atoms. The Bertz CT molecular complexity index is 515. The van der Waals surface area contributed by atoms with E-state index in [4.69, 9.17) is 5.26 Å². The van der Waals surface area contributed by atoms with Crippen molar-refractivity contribution in [2.45, 2.75) is 45.2 Å². The average molecular weight is 285 g/mol. The zero-order chi connectivity index (χ0) is 15.1. The molecular formula is C17H23N3O. The fourth-order valence-corrected chi connectivity index (χ4v) is 2.71. The van der Waals surface area contributed by atoms with Crippen molar-refractivity contribution in [1.29, 1.82) is 5.26 Å². The van der Waals surface area contributed by atoms with E-state index in [1.165, 1.54) is 12.8 Å². The molecule has 1 aliphatic rings. The quantitative estimate of drug-likeness (QED) is 0.874. The summed E-state index contributed by atoms with van der Waals surface area (Å²) < 4.78 is 0. The summed E-state index contributed by atoms with van der Waals surface area (Å²) in [5.74, 6) is -0.154. The van der Waals surface area contributed by atoms with E-state index in [9.17, 15) is 4.79 Å². The highest BCUT2D eigenvalue weighted by atomic mass is 16.1. The first-order valence-corrected chi connectivity index (χ1v) is 7.74. The van der Waals surface area contributed by atoms with E-state index in [2.05, 4.69) is 22.4 Å². The van der Waals surface area contributed by atoms with Crippen molar-refractivity contribution in [3.8, 4) is 6.07 Å². The molecule has 4 heteroatoms. The van der Waals surface area contributed by atoms with Crippen LogP contribution in [0.25, 0.3) is 0 Å². The minimum Gasteiger partial charge on any atom is -0.336 e. The summed E-state index contributed by atoms with van der Waals surface area (Å²) in [6, 6.07) is 9.46. The number of carbonyl (C=O) groups is 1. The van der Waals surface area contributed by atoms with Crippen molar-refractivity contribution in [2.75, 3.05) is 13.1 Å². The number of hydrogen-bond donors (Lipinski definition) is 1. The van der Waals surface area contributed by atoms with Crippen LogP contribution in [-0.4, -0.2) is 29.9 Å². The highest BCUT2D eigenvalue weighted by Crippen LogP contribution is 2.14. The van der Waals surface area contributed by atoms with Crippen molar-refractivity contribution < 1.29 is 4.79 Å².